The van der Waals surface area contributed by atoms with Gasteiger partial charge in [0.1, 0.15) is 29.3 Å². The van der Waals surface area contributed by atoms with Crippen LogP contribution in [0.3, 0.4) is 0 Å². The normalized spacial score (nSPS) is 10.2. The standard InChI is InChI=1S/C15H15BrN2O3S.C15H17N3O2S.2C15H16N2O3S.C14H16N2OS.C12H12N2O3S2.C11H9F3N4O3S2/c1-9-3-5-10(6-4-9)17-15(20)18-12-7-11(8-16)22-13(12)14(19)21-2;1-9-4-6-11(7-5-9)17-15(20)18-12-8-10(2)21-13(12)14(19)16-3;2*1-9-4-6-11(7-5-9)16-15(19)17-12-8-10(2)21-13(12)14(18)20-3;1-9-4-6-12(7-5-9)15-14(17)16-13-8-10(2)18-11(13)3;1-7-6-8(10(19-7)11(15)17-2)13-12(16)14-9-4-3-5-18-9;1-4-3-5(6(22-4)7(19)21-2)15-9(20)16-10-18-17-8(23-10)11(12,13)14/h3-7H,8H2,1-2H3,(H2,17,18,20);4-8H,1-3H3,(H,16,19)(H2,17,18,20);2*4-8H,1-3H3,(H2,16,17,19);4-8H,1-3H3,(H2,15,16,17);3-6H,1-2H3,(H2,13,14,16);3H,1-2H3,(H2,15,16,18,20). The van der Waals surface area contributed by atoms with Gasteiger partial charge in [0, 0.05) is 79.8 Å². The number of benzene rings is 5. The molecular weight excluding hydrogens is 2120 g/mol. The first-order valence-corrected chi connectivity index (χ1v) is 51.1. The lowest BCUT2D eigenvalue weighted by Crippen LogP contribution is -2.22. The molecule has 0 aliphatic carbocycles. The van der Waals surface area contributed by atoms with E-state index in [1.54, 1.807) is 61.7 Å². The summed E-state index contributed by atoms with van der Waals surface area (Å²) in [6.45, 7) is 23.1. The summed E-state index contributed by atoms with van der Waals surface area (Å²) in [5, 5.41) is 47.5. The predicted molar refractivity (Wildman–Crippen MR) is 580 cm³/mol. The monoisotopic (exact) mass is 2220 g/mol. The average molecular weight is 2220 g/mol. The van der Waals surface area contributed by atoms with Gasteiger partial charge >= 0.3 is 78.2 Å². The van der Waals surface area contributed by atoms with Crippen molar-refractivity contribution in [1.82, 2.24) is 15.5 Å². The second-order valence-corrected chi connectivity index (χ2v) is 41.6. The zero-order valence-corrected chi connectivity index (χ0v) is 89.9. The van der Waals surface area contributed by atoms with Crippen LogP contribution in [0, 0.1) is 83.1 Å². The molecule has 145 heavy (non-hydrogen) atoms. The first-order chi connectivity index (χ1) is 68.8. The van der Waals surface area contributed by atoms with Crippen LogP contribution in [-0.4, -0.2) is 131 Å². The maximum absolute atomic E-state index is 12.4. The fourth-order valence-corrected chi connectivity index (χ4v) is 19.7. The summed E-state index contributed by atoms with van der Waals surface area (Å²) in [6, 6.07) is 50.4. The highest BCUT2D eigenvalue weighted by Crippen LogP contribution is 2.37. The maximum Gasteiger partial charge on any atom is 0.445 e. The van der Waals surface area contributed by atoms with E-state index >= 15 is 0 Å². The number of carbonyl (C=O) groups excluding carboxylic acids is 13. The molecule has 48 heteroatoms. The molecule has 14 rings (SSSR count). The number of alkyl halides is 4. The zero-order chi connectivity index (χ0) is 106. The molecule has 0 saturated heterocycles. The van der Waals surface area contributed by atoms with E-state index in [4.69, 9.17) is 14.2 Å². The molecule has 0 aliphatic heterocycles. The van der Waals surface area contributed by atoms with Crippen LogP contribution in [0.5, 0.6) is 0 Å². The van der Waals surface area contributed by atoms with Crippen LogP contribution in [0.25, 0.3) is 0 Å². The number of urea groups is 7. The molecule has 0 atom stereocenters. The van der Waals surface area contributed by atoms with Crippen LogP contribution in [0.1, 0.15) is 130 Å². The number of hydrogen-bond donors (Lipinski definition) is 15. The molecule has 764 valence electrons. The Balaban J connectivity index is 0.000000207. The van der Waals surface area contributed by atoms with Crippen molar-refractivity contribution >= 4 is 274 Å². The molecule has 0 fully saturated rings. The molecule has 0 aliphatic rings. The highest BCUT2D eigenvalue weighted by atomic mass is 79.9. The van der Waals surface area contributed by atoms with E-state index in [-0.39, 0.29) is 51.0 Å². The summed E-state index contributed by atoms with van der Waals surface area (Å²) in [6.07, 6.45) is -4.63. The number of hydrogen-bond acceptors (Lipinski definition) is 29. The number of esters is 5. The molecular formula is C97H101BrF3N17O18S9. The summed E-state index contributed by atoms with van der Waals surface area (Å²) in [5.74, 6) is -2.68. The number of aryl methyl sites for hydroxylation is 12. The van der Waals surface area contributed by atoms with Crippen molar-refractivity contribution in [2.45, 2.75) is 94.6 Å². The smallest absolute Gasteiger partial charge is 0.445 e. The Morgan fingerprint density at radius 1 is 0.303 bits per heavy atom. The van der Waals surface area contributed by atoms with Gasteiger partial charge in [0.15, 0.2) is 0 Å². The molecule has 14 aromatic rings. The average Bonchev–Trinajstić information content (AvgIpc) is 1.88. The van der Waals surface area contributed by atoms with Crippen molar-refractivity contribution in [3.8, 4) is 0 Å². The molecule has 0 spiro atoms. The summed E-state index contributed by atoms with van der Waals surface area (Å²) in [4.78, 5) is 163. The Bertz CT molecular complexity index is 6560. The Labute approximate surface area is 876 Å². The van der Waals surface area contributed by atoms with Crippen LogP contribution in [-0.2, 0) is 35.2 Å². The minimum absolute atomic E-state index is 0.174. The molecule has 35 nitrogen and oxygen atoms in total. The van der Waals surface area contributed by atoms with Crippen LogP contribution in [0.4, 0.5) is 125 Å². The predicted octanol–water partition coefficient (Wildman–Crippen LogP) is 26.6. The second kappa shape index (κ2) is 56.3. The van der Waals surface area contributed by atoms with Crippen molar-refractivity contribution in [2.75, 3.05) is 117 Å². The molecule has 0 unspecified atom stereocenters. The van der Waals surface area contributed by atoms with Crippen LogP contribution in [0.15, 0.2) is 181 Å². The minimum Gasteiger partial charge on any atom is -0.465 e. The van der Waals surface area contributed by atoms with Gasteiger partial charge < -0.3 is 92.8 Å². The molecule has 15 amide bonds. The maximum atomic E-state index is 12.4. The van der Waals surface area contributed by atoms with Crippen LogP contribution >= 0.6 is 118 Å². The second-order valence-electron chi connectivity index (χ2n) is 30.2. The first-order valence-electron chi connectivity index (χ1n) is 42.6. The van der Waals surface area contributed by atoms with Crippen molar-refractivity contribution in [3.63, 3.8) is 0 Å². The van der Waals surface area contributed by atoms with E-state index in [9.17, 15) is 75.5 Å². The molecule has 9 heterocycles. The number of nitrogens with one attached hydrogen (secondary N) is 15. The number of rotatable bonds is 21. The molecule has 9 aromatic heterocycles. The van der Waals surface area contributed by atoms with Gasteiger partial charge in [0.2, 0.25) is 10.1 Å². The molecule has 0 radical (unpaired) electrons. The van der Waals surface area contributed by atoms with Gasteiger partial charge in [-0.1, -0.05) is 116 Å². The van der Waals surface area contributed by atoms with Gasteiger partial charge in [-0.25, -0.2) is 57.5 Å². The summed E-state index contributed by atoms with van der Waals surface area (Å²) in [5.41, 5.74) is 12.6. The third-order valence-electron chi connectivity index (χ3n) is 18.4. The number of carbonyl (C=O) groups is 13. The number of methoxy groups -OCH3 is 5. The molecule has 5 aromatic carbocycles. The quantitative estimate of drug-likeness (QED) is 0.0180. The Hall–Kier alpha value is -14.8. The van der Waals surface area contributed by atoms with E-state index in [0.717, 1.165) is 84.1 Å². The van der Waals surface area contributed by atoms with Crippen molar-refractivity contribution in [1.29, 1.82) is 0 Å². The fraction of sp³-hybridized carbons (Fsp3) is 0.206. The van der Waals surface area contributed by atoms with E-state index in [1.807, 2.05) is 215 Å². The Morgan fingerprint density at radius 2 is 0.559 bits per heavy atom. The lowest BCUT2D eigenvalue weighted by molar-refractivity contribution is -0.138. The van der Waals surface area contributed by atoms with E-state index in [0.29, 0.717) is 80.9 Å². The number of thiophene rings is 8. The molecule has 15 N–H and O–H groups in total. The van der Waals surface area contributed by atoms with Gasteiger partial charge in [-0.2, -0.15) is 13.2 Å². The largest absolute Gasteiger partial charge is 0.465 e. The number of nitrogens with zero attached hydrogens (tertiary/aromatic N) is 2. The summed E-state index contributed by atoms with van der Waals surface area (Å²) >= 11 is 14.2. The Kier molecular flexibility index (Phi) is 44.9. The van der Waals surface area contributed by atoms with Gasteiger partial charge in [0.25, 0.3) is 5.91 Å². The highest BCUT2D eigenvalue weighted by molar-refractivity contribution is 9.08. The third kappa shape index (κ3) is 37.8. The van der Waals surface area contributed by atoms with Gasteiger partial charge in [-0.3, -0.25) is 15.4 Å². The first kappa shape index (κ1) is 115. The number of anilines is 14. The molecule has 0 bridgehead atoms. The van der Waals surface area contributed by atoms with Crippen molar-refractivity contribution in [3.05, 3.63) is 282 Å². The third-order valence-corrected chi connectivity index (χ3v) is 28.3. The van der Waals surface area contributed by atoms with Crippen molar-refractivity contribution in [2.24, 2.45) is 0 Å². The van der Waals surface area contributed by atoms with Crippen LogP contribution < -0.4 is 79.8 Å². The van der Waals surface area contributed by atoms with Gasteiger partial charge in [0.05, 0.1) is 80.4 Å². The highest BCUT2D eigenvalue weighted by Gasteiger charge is 2.36. The SMILES string of the molecule is CNC(=O)c1sc(C)cc1NC(=O)Nc1ccc(C)cc1.COC(=O)c1sc(C)cc1NC(=O)Nc1ccc(C)cc1.COC(=O)c1sc(C)cc1NC(=O)Nc1ccc(C)cc1.COC(=O)c1sc(C)cc1NC(=O)Nc1cccs1.COC(=O)c1sc(C)cc1NC(=O)Nc1nnc(C(F)(F)F)s1.COC(=O)c1sc(CBr)cc1NC(=O)Nc1ccc(C)cc1.Cc1ccc(NC(=O)Nc2cc(C)sc2C)cc1. The zero-order valence-electron chi connectivity index (χ0n) is 81.0. The summed E-state index contributed by atoms with van der Waals surface area (Å²) in [7, 11) is 8.01. The van der Waals surface area contributed by atoms with Gasteiger partial charge in [-0.15, -0.1) is 101 Å². The minimum atomic E-state index is -4.63. The number of halogens is 4. The Morgan fingerprint density at radius 3 is 0.814 bits per heavy atom. The lowest BCUT2D eigenvalue weighted by atomic mass is 10.2. The van der Waals surface area contributed by atoms with E-state index in [1.165, 1.54) is 120 Å². The topological polar surface area (TPSA) is 474 Å². The van der Waals surface area contributed by atoms with E-state index in [2.05, 4.69) is 115 Å². The fourth-order valence-electron chi connectivity index (χ4n) is 11.8. The lowest BCUT2D eigenvalue weighted by Gasteiger charge is -2.08. The number of ether oxygens (including phenoxy) is 5. The number of amides is 15. The van der Waals surface area contributed by atoms with Crippen molar-refractivity contribution < 1.29 is 99.2 Å². The van der Waals surface area contributed by atoms with Gasteiger partial charge in [-0.05, 0) is 204 Å². The summed E-state index contributed by atoms with van der Waals surface area (Å²) < 4.78 is 60.6. The molecule has 0 saturated carbocycles. The van der Waals surface area contributed by atoms with Crippen LogP contribution in [0.2, 0.25) is 0 Å². The number of aromatic nitrogens is 2. The van der Waals surface area contributed by atoms with E-state index < -0.39 is 65.2 Å².